The van der Waals surface area contributed by atoms with Gasteiger partial charge in [0, 0.05) is 23.8 Å². The second-order valence-electron chi connectivity index (χ2n) is 5.59. The Kier molecular flexibility index (Phi) is 4.15. The number of aromatic nitrogens is 4. The van der Waals surface area contributed by atoms with E-state index in [1.165, 1.54) is 17.0 Å². The van der Waals surface area contributed by atoms with E-state index in [1.807, 2.05) is 12.3 Å². The second kappa shape index (κ2) is 6.60. The molecule has 0 fully saturated rings. The Bertz CT molecular complexity index is 992. The molecule has 0 saturated heterocycles. The van der Waals surface area contributed by atoms with Crippen LogP contribution in [0.25, 0.3) is 16.2 Å². The van der Waals surface area contributed by atoms with Gasteiger partial charge < -0.3 is 5.32 Å². The molecule has 1 aromatic carbocycles. The van der Waals surface area contributed by atoms with Gasteiger partial charge in [0.25, 0.3) is 5.95 Å². The predicted molar refractivity (Wildman–Crippen MR) is 97.6 cm³/mol. The minimum atomic E-state index is -0.237. The summed E-state index contributed by atoms with van der Waals surface area (Å²) in [5.41, 5.74) is 0.986. The SMILES string of the molecule is CCc1cc2c(NCc3ccc(F)cc3)nc(-n3cccn3)nc2s1. The first-order chi connectivity index (χ1) is 12.2. The highest BCUT2D eigenvalue weighted by atomic mass is 32.1. The molecule has 0 aliphatic carbocycles. The number of fused-ring (bicyclic) bond motifs is 1. The zero-order valence-corrected chi connectivity index (χ0v) is 14.4. The van der Waals surface area contributed by atoms with Crippen LogP contribution in [0.15, 0.2) is 48.8 Å². The minimum Gasteiger partial charge on any atom is -0.365 e. The van der Waals surface area contributed by atoms with Crippen LogP contribution >= 0.6 is 11.3 Å². The molecule has 3 heterocycles. The fraction of sp³-hybridized carbons (Fsp3) is 0.167. The number of aryl methyl sites for hydroxylation is 1. The van der Waals surface area contributed by atoms with Gasteiger partial charge in [0.05, 0.1) is 5.39 Å². The summed E-state index contributed by atoms with van der Waals surface area (Å²) in [6, 6.07) is 10.4. The Hall–Kier alpha value is -2.80. The number of halogens is 1. The summed E-state index contributed by atoms with van der Waals surface area (Å²) >= 11 is 1.66. The van der Waals surface area contributed by atoms with Crippen molar-refractivity contribution in [3.05, 3.63) is 65.0 Å². The summed E-state index contributed by atoms with van der Waals surface area (Å²) in [5.74, 6) is 1.05. The fourth-order valence-corrected chi connectivity index (χ4v) is 3.51. The van der Waals surface area contributed by atoms with E-state index in [0.29, 0.717) is 12.5 Å². The van der Waals surface area contributed by atoms with Crippen LogP contribution in [-0.2, 0) is 13.0 Å². The highest BCUT2D eigenvalue weighted by molar-refractivity contribution is 7.18. The molecular weight excluding hydrogens is 337 g/mol. The van der Waals surface area contributed by atoms with Crippen molar-refractivity contribution in [3.8, 4) is 5.95 Å². The van der Waals surface area contributed by atoms with Crippen LogP contribution in [0.5, 0.6) is 0 Å². The van der Waals surface area contributed by atoms with Gasteiger partial charge in [-0.2, -0.15) is 15.1 Å². The van der Waals surface area contributed by atoms with Gasteiger partial charge in [0.15, 0.2) is 0 Å². The quantitative estimate of drug-likeness (QED) is 0.584. The van der Waals surface area contributed by atoms with Gasteiger partial charge in [-0.05, 0) is 36.2 Å². The highest BCUT2D eigenvalue weighted by Gasteiger charge is 2.12. The average Bonchev–Trinajstić information content (AvgIpc) is 3.30. The third-order valence-electron chi connectivity index (χ3n) is 3.86. The first-order valence-corrected chi connectivity index (χ1v) is 8.83. The van der Waals surface area contributed by atoms with Gasteiger partial charge in [0.1, 0.15) is 16.5 Å². The lowest BCUT2D eigenvalue weighted by molar-refractivity contribution is 0.627. The van der Waals surface area contributed by atoms with Gasteiger partial charge in [-0.3, -0.25) is 0 Å². The number of nitrogens with zero attached hydrogens (tertiary/aromatic N) is 4. The number of hydrogen-bond acceptors (Lipinski definition) is 5. The predicted octanol–water partition coefficient (Wildman–Crippen LogP) is 4.19. The van der Waals surface area contributed by atoms with Crippen LogP contribution in [0.1, 0.15) is 17.4 Å². The number of benzene rings is 1. The normalized spacial score (nSPS) is 11.1. The summed E-state index contributed by atoms with van der Waals surface area (Å²) in [4.78, 5) is 11.5. The molecule has 0 atom stereocenters. The van der Waals surface area contributed by atoms with E-state index in [-0.39, 0.29) is 5.82 Å². The Labute approximate surface area is 148 Å². The molecule has 0 aliphatic rings. The Balaban J connectivity index is 1.72. The molecule has 0 spiro atoms. The Morgan fingerprint density at radius 1 is 1.20 bits per heavy atom. The molecule has 0 unspecified atom stereocenters. The molecule has 0 bridgehead atoms. The molecule has 5 nitrogen and oxygen atoms in total. The lowest BCUT2D eigenvalue weighted by Crippen LogP contribution is -2.07. The van der Waals surface area contributed by atoms with Gasteiger partial charge in [0.2, 0.25) is 0 Å². The first-order valence-electron chi connectivity index (χ1n) is 8.01. The van der Waals surface area contributed by atoms with Gasteiger partial charge in [-0.25, -0.2) is 9.07 Å². The number of hydrogen-bond donors (Lipinski definition) is 1. The third-order valence-corrected chi connectivity index (χ3v) is 5.04. The molecule has 4 rings (SSSR count). The van der Waals surface area contributed by atoms with Crippen molar-refractivity contribution in [2.75, 3.05) is 5.32 Å². The molecule has 3 aromatic heterocycles. The van der Waals surface area contributed by atoms with Crippen molar-refractivity contribution in [1.29, 1.82) is 0 Å². The zero-order chi connectivity index (χ0) is 17.2. The maximum atomic E-state index is 13.1. The topological polar surface area (TPSA) is 55.6 Å². The van der Waals surface area contributed by atoms with Crippen molar-refractivity contribution in [1.82, 2.24) is 19.7 Å². The van der Waals surface area contributed by atoms with Crippen molar-refractivity contribution in [2.24, 2.45) is 0 Å². The largest absolute Gasteiger partial charge is 0.365 e. The van der Waals surface area contributed by atoms with Crippen molar-refractivity contribution < 1.29 is 4.39 Å². The van der Waals surface area contributed by atoms with Crippen LogP contribution in [0.4, 0.5) is 10.2 Å². The number of rotatable bonds is 5. The van der Waals surface area contributed by atoms with Gasteiger partial charge in [-0.1, -0.05) is 19.1 Å². The minimum absolute atomic E-state index is 0.237. The second-order valence-corrected chi connectivity index (χ2v) is 6.70. The highest BCUT2D eigenvalue weighted by Crippen LogP contribution is 2.30. The monoisotopic (exact) mass is 353 g/mol. The molecular formula is C18H16FN5S. The van der Waals surface area contributed by atoms with E-state index >= 15 is 0 Å². The standard InChI is InChI=1S/C18H16FN5S/c1-2-14-10-15-16(20-11-12-4-6-13(19)7-5-12)22-18(23-17(15)25-14)24-9-3-8-21-24/h3-10H,2,11H2,1H3,(H,20,22,23). The van der Waals surface area contributed by atoms with Crippen LogP contribution in [0.3, 0.4) is 0 Å². The van der Waals surface area contributed by atoms with Crippen LogP contribution in [-0.4, -0.2) is 19.7 Å². The zero-order valence-electron chi connectivity index (χ0n) is 13.6. The van der Waals surface area contributed by atoms with E-state index in [0.717, 1.165) is 28.0 Å². The van der Waals surface area contributed by atoms with Crippen molar-refractivity contribution in [3.63, 3.8) is 0 Å². The van der Waals surface area contributed by atoms with Crippen molar-refractivity contribution in [2.45, 2.75) is 19.9 Å². The van der Waals surface area contributed by atoms with Crippen LogP contribution in [0, 0.1) is 5.82 Å². The first kappa shape index (κ1) is 15.7. The molecule has 1 N–H and O–H groups in total. The van der Waals surface area contributed by atoms with Gasteiger partial charge >= 0.3 is 0 Å². The number of thiophene rings is 1. The summed E-state index contributed by atoms with van der Waals surface area (Å²) in [5, 5.41) is 8.57. The molecule has 0 saturated carbocycles. The van der Waals surface area contributed by atoms with E-state index in [2.05, 4.69) is 33.4 Å². The van der Waals surface area contributed by atoms with E-state index in [4.69, 9.17) is 0 Å². The molecule has 4 aromatic rings. The fourth-order valence-electron chi connectivity index (χ4n) is 2.55. The Morgan fingerprint density at radius 3 is 2.76 bits per heavy atom. The maximum absolute atomic E-state index is 13.1. The lowest BCUT2D eigenvalue weighted by Gasteiger charge is -2.09. The van der Waals surface area contributed by atoms with E-state index < -0.39 is 0 Å². The van der Waals surface area contributed by atoms with Crippen molar-refractivity contribution >= 4 is 27.4 Å². The van der Waals surface area contributed by atoms with Crippen LogP contribution in [0.2, 0.25) is 0 Å². The molecule has 0 radical (unpaired) electrons. The molecule has 0 aliphatic heterocycles. The maximum Gasteiger partial charge on any atom is 0.253 e. The summed E-state index contributed by atoms with van der Waals surface area (Å²) in [6.07, 6.45) is 4.47. The molecule has 25 heavy (non-hydrogen) atoms. The smallest absolute Gasteiger partial charge is 0.253 e. The van der Waals surface area contributed by atoms with E-state index in [9.17, 15) is 4.39 Å². The Morgan fingerprint density at radius 2 is 2.04 bits per heavy atom. The summed E-state index contributed by atoms with van der Waals surface area (Å²) in [6.45, 7) is 2.68. The molecule has 7 heteroatoms. The van der Waals surface area contributed by atoms with Gasteiger partial charge in [-0.15, -0.1) is 11.3 Å². The lowest BCUT2D eigenvalue weighted by atomic mass is 10.2. The third kappa shape index (κ3) is 3.23. The van der Waals surface area contributed by atoms with E-state index in [1.54, 1.807) is 34.3 Å². The number of nitrogens with one attached hydrogen (secondary N) is 1. The summed E-state index contributed by atoms with van der Waals surface area (Å²) < 4.78 is 14.7. The molecule has 126 valence electrons. The number of anilines is 1. The summed E-state index contributed by atoms with van der Waals surface area (Å²) in [7, 11) is 0. The van der Waals surface area contributed by atoms with Crippen LogP contribution < -0.4 is 5.32 Å². The average molecular weight is 353 g/mol. The molecule has 0 amide bonds.